The van der Waals surface area contributed by atoms with Crippen molar-refractivity contribution in [2.24, 2.45) is 5.16 Å². The number of rotatable bonds is 2. The van der Waals surface area contributed by atoms with Gasteiger partial charge in [0.15, 0.2) is 5.60 Å². The lowest BCUT2D eigenvalue weighted by atomic mass is 10.0. The molecule has 0 spiro atoms. The third kappa shape index (κ3) is 2.32. The van der Waals surface area contributed by atoms with Crippen LogP contribution in [0.25, 0.3) is 10.6 Å². The first-order valence-electron chi connectivity index (χ1n) is 6.02. The molecule has 0 fully saturated rings. The van der Waals surface area contributed by atoms with Crippen LogP contribution in [-0.2, 0) is 10.4 Å². The van der Waals surface area contributed by atoms with E-state index in [2.05, 4.69) is 45.1 Å². The summed E-state index contributed by atoms with van der Waals surface area (Å²) in [7, 11) is 0. The molecule has 0 saturated heterocycles. The molecule has 0 amide bonds. The van der Waals surface area contributed by atoms with E-state index in [0.717, 1.165) is 32.2 Å². The van der Waals surface area contributed by atoms with Gasteiger partial charge in [0.1, 0.15) is 9.63 Å². The van der Waals surface area contributed by atoms with Gasteiger partial charge in [-0.05, 0) is 29.8 Å². The van der Waals surface area contributed by atoms with Crippen LogP contribution in [0.3, 0.4) is 0 Å². The number of aryl methyl sites for hydroxylation is 1. The molecule has 5 heteroatoms. The van der Waals surface area contributed by atoms with E-state index in [1.807, 2.05) is 25.1 Å². The lowest BCUT2D eigenvalue weighted by Gasteiger charge is -2.19. The maximum absolute atomic E-state index is 5.58. The van der Waals surface area contributed by atoms with Crippen molar-refractivity contribution in [3.8, 4) is 10.6 Å². The largest absolute Gasteiger partial charge is 0.383 e. The number of oxime groups is 1. The quantitative estimate of drug-likeness (QED) is 0.811. The van der Waals surface area contributed by atoms with Gasteiger partial charge in [-0.1, -0.05) is 35.5 Å². The van der Waals surface area contributed by atoms with Crippen LogP contribution in [0.4, 0.5) is 0 Å². The predicted octanol–water partition coefficient (Wildman–Crippen LogP) is 4.46. The molecule has 2 heterocycles. The first-order valence-corrected chi connectivity index (χ1v) is 7.63. The smallest absolute Gasteiger partial charge is 0.177 e. The molecule has 1 aliphatic rings. The number of nitrogens with zero attached hydrogens (tertiary/aromatic N) is 2. The second-order valence-electron chi connectivity index (χ2n) is 4.77. The monoisotopic (exact) mass is 336 g/mol. The van der Waals surface area contributed by atoms with Crippen LogP contribution in [0.15, 0.2) is 35.5 Å². The Morgan fingerprint density at radius 1 is 1.32 bits per heavy atom. The van der Waals surface area contributed by atoms with Gasteiger partial charge in [0, 0.05) is 12.0 Å². The highest BCUT2D eigenvalue weighted by atomic mass is 79.9. The molecule has 2 aromatic rings. The third-order valence-corrected chi connectivity index (χ3v) is 5.00. The summed E-state index contributed by atoms with van der Waals surface area (Å²) in [6, 6.07) is 10.2. The number of thiazole rings is 1. The zero-order valence-electron chi connectivity index (χ0n) is 10.7. The van der Waals surface area contributed by atoms with Crippen molar-refractivity contribution in [2.45, 2.75) is 25.9 Å². The molecule has 19 heavy (non-hydrogen) atoms. The Kier molecular flexibility index (Phi) is 3.19. The van der Waals surface area contributed by atoms with E-state index < -0.39 is 5.60 Å². The van der Waals surface area contributed by atoms with Crippen molar-refractivity contribution in [1.29, 1.82) is 0 Å². The van der Waals surface area contributed by atoms with Gasteiger partial charge >= 0.3 is 0 Å². The molecular formula is C14H13BrN2OS. The van der Waals surface area contributed by atoms with Crippen LogP contribution in [0, 0.1) is 6.92 Å². The van der Waals surface area contributed by atoms with Crippen LogP contribution >= 0.6 is 27.3 Å². The van der Waals surface area contributed by atoms with Gasteiger partial charge in [-0.25, -0.2) is 4.98 Å². The third-order valence-electron chi connectivity index (χ3n) is 3.13. The van der Waals surface area contributed by atoms with Crippen LogP contribution < -0.4 is 0 Å². The zero-order chi connectivity index (χ0) is 13.5. The number of benzene rings is 1. The Morgan fingerprint density at radius 2 is 2.05 bits per heavy atom. The minimum Gasteiger partial charge on any atom is -0.383 e. The standard InChI is InChI=1S/C14H13BrN2OS/c1-9-12(14(2)8-11(15)17-18-14)19-13(16-9)10-6-4-3-5-7-10/h3-7H,8H2,1-2H3/t14-/m0/s1. The van der Waals surface area contributed by atoms with Gasteiger partial charge < -0.3 is 4.84 Å². The topological polar surface area (TPSA) is 34.5 Å². The molecule has 1 aromatic heterocycles. The molecule has 0 unspecified atom stereocenters. The summed E-state index contributed by atoms with van der Waals surface area (Å²) in [5.41, 5.74) is 1.76. The Bertz CT molecular complexity index is 638. The fourth-order valence-electron chi connectivity index (χ4n) is 2.21. The highest BCUT2D eigenvalue weighted by molar-refractivity contribution is 9.18. The molecule has 0 N–H and O–H groups in total. The summed E-state index contributed by atoms with van der Waals surface area (Å²) in [6.07, 6.45) is 0.754. The Balaban J connectivity index is 1.99. The van der Waals surface area contributed by atoms with Gasteiger partial charge in [-0.3, -0.25) is 0 Å². The number of hydrogen-bond acceptors (Lipinski definition) is 4. The van der Waals surface area contributed by atoms with Crippen molar-refractivity contribution in [3.63, 3.8) is 0 Å². The summed E-state index contributed by atoms with van der Waals surface area (Å²) in [5, 5.41) is 5.03. The van der Waals surface area contributed by atoms with Gasteiger partial charge in [0.2, 0.25) is 0 Å². The van der Waals surface area contributed by atoms with Crippen molar-refractivity contribution < 1.29 is 4.84 Å². The fourth-order valence-corrected chi connectivity index (χ4v) is 3.96. The molecule has 3 nitrogen and oxygen atoms in total. The Hall–Kier alpha value is -1.20. The first-order chi connectivity index (χ1) is 9.08. The highest BCUT2D eigenvalue weighted by Gasteiger charge is 2.39. The minimum atomic E-state index is -0.395. The van der Waals surface area contributed by atoms with Crippen LogP contribution in [-0.4, -0.2) is 9.60 Å². The second kappa shape index (κ2) is 4.72. The van der Waals surface area contributed by atoms with Gasteiger partial charge in [0.05, 0.1) is 10.6 Å². The highest BCUT2D eigenvalue weighted by Crippen LogP contribution is 2.42. The van der Waals surface area contributed by atoms with E-state index in [1.165, 1.54) is 0 Å². The Morgan fingerprint density at radius 3 is 2.68 bits per heavy atom. The predicted molar refractivity (Wildman–Crippen MR) is 81.7 cm³/mol. The minimum absolute atomic E-state index is 0.395. The summed E-state index contributed by atoms with van der Waals surface area (Å²) in [6.45, 7) is 4.08. The van der Waals surface area contributed by atoms with Crippen molar-refractivity contribution in [1.82, 2.24) is 4.98 Å². The molecule has 1 aliphatic heterocycles. The number of halogens is 1. The lowest BCUT2D eigenvalue weighted by Crippen LogP contribution is -2.20. The lowest BCUT2D eigenvalue weighted by molar-refractivity contribution is -0.00507. The number of hydrogen-bond donors (Lipinski definition) is 0. The normalized spacial score (nSPS) is 22.2. The van der Waals surface area contributed by atoms with Crippen LogP contribution in [0.2, 0.25) is 0 Å². The Labute approximate surface area is 124 Å². The molecule has 0 aliphatic carbocycles. The summed E-state index contributed by atoms with van der Waals surface area (Å²) < 4.78 is 0.851. The first kappa shape index (κ1) is 12.8. The number of aromatic nitrogens is 1. The van der Waals surface area contributed by atoms with Gasteiger partial charge in [0.25, 0.3) is 0 Å². The fraction of sp³-hybridized carbons (Fsp3) is 0.286. The van der Waals surface area contributed by atoms with E-state index in [1.54, 1.807) is 11.3 Å². The molecule has 0 saturated carbocycles. The molecular weight excluding hydrogens is 324 g/mol. The molecule has 98 valence electrons. The maximum Gasteiger partial charge on any atom is 0.177 e. The van der Waals surface area contributed by atoms with Crippen LogP contribution in [0.1, 0.15) is 23.9 Å². The van der Waals surface area contributed by atoms with E-state index in [9.17, 15) is 0 Å². The molecule has 0 radical (unpaired) electrons. The molecule has 1 aromatic carbocycles. The van der Waals surface area contributed by atoms with E-state index in [0.29, 0.717) is 0 Å². The zero-order valence-corrected chi connectivity index (χ0v) is 13.1. The summed E-state index contributed by atoms with van der Waals surface area (Å²) in [5.74, 6) is 0. The SMILES string of the molecule is Cc1nc(-c2ccccc2)sc1[C@]1(C)CC(Br)=NO1. The second-order valence-corrected chi connectivity index (χ2v) is 6.68. The van der Waals surface area contributed by atoms with E-state index in [-0.39, 0.29) is 0 Å². The average molecular weight is 337 g/mol. The maximum atomic E-state index is 5.58. The summed E-state index contributed by atoms with van der Waals surface area (Å²) in [4.78, 5) is 11.4. The van der Waals surface area contributed by atoms with E-state index >= 15 is 0 Å². The van der Waals surface area contributed by atoms with Crippen molar-refractivity contribution in [3.05, 3.63) is 40.9 Å². The van der Waals surface area contributed by atoms with Crippen LogP contribution in [0.5, 0.6) is 0 Å². The molecule has 3 rings (SSSR count). The van der Waals surface area contributed by atoms with Gasteiger partial charge in [-0.15, -0.1) is 11.3 Å². The molecule has 0 bridgehead atoms. The van der Waals surface area contributed by atoms with Gasteiger partial charge in [-0.2, -0.15) is 0 Å². The van der Waals surface area contributed by atoms with Crippen molar-refractivity contribution >= 4 is 31.9 Å². The average Bonchev–Trinajstić information content (AvgIpc) is 2.95. The summed E-state index contributed by atoms with van der Waals surface area (Å²) >= 11 is 5.08. The molecule has 1 atom stereocenters. The van der Waals surface area contributed by atoms with Crippen molar-refractivity contribution in [2.75, 3.05) is 0 Å². The van der Waals surface area contributed by atoms with E-state index in [4.69, 9.17) is 4.84 Å².